The van der Waals surface area contributed by atoms with E-state index in [1.807, 2.05) is 0 Å². The van der Waals surface area contributed by atoms with Crippen LogP contribution in [0.15, 0.2) is 0 Å². The molecule has 0 aromatic carbocycles. The molecule has 7 nitrogen and oxygen atoms in total. The molecular weight excluding hydrogens is 382 g/mol. The summed E-state index contributed by atoms with van der Waals surface area (Å²) in [7, 11) is 5.06. The van der Waals surface area contributed by atoms with E-state index in [9.17, 15) is 0 Å². The number of rotatable bonds is 19. The van der Waals surface area contributed by atoms with Crippen LogP contribution in [0.3, 0.4) is 0 Å². The third-order valence-electron chi connectivity index (χ3n) is 5.11. The summed E-state index contributed by atoms with van der Waals surface area (Å²) in [4.78, 5) is 2.52. The molecule has 0 spiro atoms. The minimum absolute atomic E-state index is 0.828. The van der Waals surface area contributed by atoms with Crippen molar-refractivity contribution in [3.63, 3.8) is 0 Å². The summed E-state index contributed by atoms with van der Waals surface area (Å²) in [5.41, 5.74) is 0. The summed E-state index contributed by atoms with van der Waals surface area (Å²) in [6.45, 7) is 5.38. The first-order valence-corrected chi connectivity index (χ1v) is 13.9. The monoisotopic (exact) mass is 425 g/mol. The molecule has 0 aromatic heterocycles. The van der Waals surface area contributed by atoms with E-state index in [1.165, 1.54) is 25.7 Å². The van der Waals surface area contributed by atoms with Gasteiger partial charge in [0, 0.05) is 54.7 Å². The smallest absolute Gasteiger partial charge is 0.377 e. The van der Waals surface area contributed by atoms with Gasteiger partial charge in [-0.3, -0.25) is 0 Å². The van der Waals surface area contributed by atoms with E-state index >= 15 is 0 Å². The number of unbranched alkanes of at least 4 members (excludes halogenated alkanes) is 3. The maximum Gasteiger partial charge on any atom is 0.500 e. The second-order valence-electron chi connectivity index (χ2n) is 6.70. The molecule has 27 heavy (non-hydrogen) atoms. The Morgan fingerprint density at radius 3 is 1.22 bits per heavy atom. The van der Waals surface area contributed by atoms with E-state index in [4.69, 9.17) is 26.6 Å². The van der Waals surface area contributed by atoms with Crippen molar-refractivity contribution in [3.05, 3.63) is 0 Å². The zero-order chi connectivity index (χ0) is 20.6. The van der Waals surface area contributed by atoms with Gasteiger partial charge in [-0.2, -0.15) is 0 Å². The van der Waals surface area contributed by atoms with E-state index in [2.05, 4.69) is 11.8 Å². The third-order valence-corrected chi connectivity index (χ3v) is 10.8. The van der Waals surface area contributed by atoms with Crippen LogP contribution in [0.4, 0.5) is 0 Å². The van der Waals surface area contributed by atoms with E-state index in [0.29, 0.717) is 0 Å². The Bertz CT molecular complexity index is 301. The zero-order valence-corrected chi connectivity index (χ0v) is 20.7. The van der Waals surface area contributed by atoms with Crippen LogP contribution in [0.25, 0.3) is 0 Å². The Morgan fingerprint density at radius 1 is 0.519 bits per heavy atom. The second-order valence-corrected chi connectivity index (χ2v) is 12.9. The van der Waals surface area contributed by atoms with E-state index in [1.54, 1.807) is 42.7 Å². The van der Waals surface area contributed by atoms with Crippen molar-refractivity contribution >= 4 is 17.6 Å². The quantitative estimate of drug-likeness (QED) is 0.232. The molecule has 0 saturated carbocycles. The first-order chi connectivity index (χ1) is 13.0. The Hall–Kier alpha value is 0.154. The first kappa shape index (κ1) is 27.2. The molecule has 164 valence electrons. The lowest BCUT2D eigenvalue weighted by molar-refractivity contribution is 0.119. The highest BCUT2D eigenvalue weighted by atomic mass is 28.4. The Kier molecular flexibility index (Phi) is 16.1. The van der Waals surface area contributed by atoms with Crippen molar-refractivity contribution in [3.8, 4) is 0 Å². The molecular formula is C18H43NO6Si2. The molecule has 0 aliphatic carbocycles. The predicted octanol–water partition coefficient (Wildman–Crippen LogP) is 3.41. The first-order valence-electron chi connectivity index (χ1n) is 10.0. The van der Waals surface area contributed by atoms with Gasteiger partial charge < -0.3 is 31.5 Å². The fraction of sp³-hybridized carbons (Fsp3) is 1.00. The number of nitrogens with zero attached hydrogens (tertiary/aromatic N) is 1. The van der Waals surface area contributed by atoms with E-state index in [0.717, 1.165) is 44.6 Å². The maximum atomic E-state index is 5.53. The van der Waals surface area contributed by atoms with Gasteiger partial charge in [0.05, 0.1) is 0 Å². The van der Waals surface area contributed by atoms with Gasteiger partial charge in [-0.25, -0.2) is 0 Å². The molecule has 0 atom stereocenters. The van der Waals surface area contributed by atoms with Gasteiger partial charge in [0.2, 0.25) is 0 Å². The van der Waals surface area contributed by atoms with E-state index in [-0.39, 0.29) is 0 Å². The molecule has 0 unspecified atom stereocenters. The molecule has 0 aromatic rings. The molecule has 0 N–H and O–H groups in total. The molecule has 0 saturated heterocycles. The fourth-order valence-electron chi connectivity index (χ4n) is 3.25. The van der Waals surface area contributed by atoms with Crippen LogP contribution in [0.5, 0.6) is 0 Å². The molecule has 0 amide bonds. The molecule has 0 aliphatic rings. The van der Waals surface area contributed by atoms with Gasteiger partial charge in [-0.15, -0.1) is 0 Å². The average Bonchev–Trinajstić information content (AvgIpc) is 2.72. The normalized spacial score (nSPS) is 12.9. The van der Waals surface area contributed by atoms with Crippen molar-refractivity contribution < 1.29 is 26.6 Å². The van der Waals surface area contributed by atoms with Gasteiger partial charge in [0.25, 0.3) is 0 Å². The highest BCUT2D eigenvalue weighted by Crippen LogP contribution is 2.18. The van der Waals surface area contributed by atoms with Crippen LogP contribution < -0.4 is 0 Å². The van der Waals surface area contributed by atoms with Crippen LogP contribution >= 0.6 is 0 Å². The standard InChI is InChI=1S/C18H43NO6Si2/c1-8-9-10-11-14-19(15-12-17-26(20-2,21-3)22-4)16-13-18-27(23-5,24-6)25-7/h8-18H2,1-7H3. The van der Waals surface area contributed by atoms with Gasteiger partial charge in [-0.1, -0.05) is 26.2 Å². The lowest BCUT2D eigenvalue weighted by Gasteiger charge is -2.28. The average molecular weight is 426 g/mol. The Balaban J connectivity index is 4.54. The van der Waals surface area contributed by atoms with Crippen LogP contribution in [0.1, 0.15) is 45.4 Å². The minimum atomic E-state index is -2.49. The molecule has 0 aliphatic heterocycles. The van der Waals surface area contributed by atoms with Gasteiger partial charge in [0.15, 0.2) is 0 Å². The van der Waals surface area contributed by atoms with E-state index < -0.39 is 17.6 Å². The fourth-order valence-corrected chi connectivity index (χ4v) is 6.66. The van der Waals surface area contributed by atoms with Crippen molar-refractivity contribution in [1.82, 2.24) is 4.90 Å². The predicted molar refractivity (Wildman–Crippen MR) is 113 cm³/mol. The lowest BCUT2D eigenvalue weighted by Crippen LogP contribution is -2.44. The molecule has 9 heteroatoms. The molecule has 0 bridgehead atoms. The van der Waals surface area contributed by atoms with Crippen molar-refractivity contribution in [2.24, 2.45) is 0 Å². The summed E-state index contributed by atoms with van der Waals surface area (Å²) in [5.74, 6) is 0. The highest BCUT2D eigenvalue weighted by Gasteiger charge is 2.38. The topological polar surface area (TPSA) is 58.6 Å². The summed E-state index contributed by atoms with van der Waals surface area (Å²) in [6, 6.07) is 1.66. The van der Waals surface area contributed by atoms with Crippen molar-refractivity contribution in [2.75, 3.05) is 62.3 Å². The SMILES string of the molecule is CCCCCCN(CCC[Si](OC)(OC)OC)CCC[Si](OC)(OC)OC. The molecule has 0 rings (SSSR count). The third kappa shape index (κ3) is 10.5. The number of hydrogen-bond donors (Lipinski definition) is 0. The zero-order valence-electron chi connectivity index (χ0n) is 18.7. The summed E-state index contributed by atoms with van der Waals surface area (Å²) in [5, 5.41) is 0. The van der Waals surface area contributed by atoms with Crippen molar-refractivity contribution in [2.45, 2.75) is 57.5 Å². The maximum absolute atomic E-state index is 5.53. The Morgan fingerprint density at radius 2 is 0.889 bits per heavy atom. The van der Waals surface area contributed by atoms with Gasteiger partial charge >= 0.3 is 17.6 Å². The summed E-state index contributed by atoms with van der Waals surface area (Å²) in [6.07, 6.45) is 7.07. The second kappa shape index (κ2) is 16.0. The summed E-state index contributed by atoms with van der Waals surface area (Å²) < 4.78 is 33.2. The molecule has 0 radical (unpaired) electrons. The van der Waals surface area contributed by atoms with Crippen LogP contribution in [-0.2, 0) is 26.6 Å². The van der Waals surface area contributed by atoms with Gasteiger partial charge in [-0.05, 0) is 38.9 Å². The molecule has 0 fully saturated rings. The van der Waals surface area contributed by atoms with Crippen LogP contribution in [0.2, 0.25) is 12.1 Å². The largest absolute Gasteiger partial charge is 0.500 e. The minimum Gasteiger partial charge on any atom is -0.377 e. The van der Waals surface area contributed by atoms with Crippen LogP contribution in [-0.4, -0.2) is 84.8 Å². The summed E-state index contributed by atoms with van der Waals surface area (Å²) >= 11 is 0. The lowest BCUT2D eigenvalue weighted by atomic mass is 10.2. The molecule has 0 heterocycles. The van der Waals surface area contributed by atoms with Crippen molar-refractivity contribution in [1.29, 1.82) is 0 Å². The van der Waals surface area contributed by atoms with Crippen LogP contribution in [0, 0.1) is 0 Å². The number of hydrogen-bond acceptors (Lipinski definition) is 7. The van der Waals surface area contributed by atoms with Gasteiger partial charge in [0.1, 0.15) is 0 Å². The highest BCUT2D eigenvalue weighted by molar-refractivity contribution is 6.60. The Labute approximate surface area is 169 Å².